The van der Waals surface area contributed by atoms with Crippen molar-refractivity contribution in [2.24, 2.45) is 0 Å². The Balaban J connectivity index is 2.01. The summed E-state index contributed by atoms with van der Waals surface area (Å²) in [4.78, 5) is 0. The monoisotopic (exact) mass is 283 g/mol. The van der Waals surface area contributed by atoms with Crippen molar-refractivity contribution in [1.29, 1.82) is 0 Å². The van der Waals surface area contributed by atoms with Crippen molar-refractivity contribution >= 4 is 21.4 Å². The predicted molar refractivity (Wildman–Crippen MR) is 79.0 cm³/mol. The molecule has 0 aliphatic carbocycles. The Hall–Kier alpha value is -1.27. The molecule has 0 amide bonds. The first-order valence-electron chi connectivity index (χ1n) is 6.58. The molecule has 1 atom stereocenters. The van der Waals surface area contributed by atoms with Gasteiger partial charge in [-0.05, 0) is 50.6 Å². The van der Waals surface area contributed by atoms with E-state index in [1.165, 1.54) is 6.42 Å². The van der Waals surface area contributed by atoms with Gasteiger partial charge in [0.25, 0.3) is 0 Å². The van der Waals surface area contributed by atoms with Crippen LogP contribution < -0.4 is 15.4 Å². The maximum Gasteiger partial charge on any atom is 0.229 e. The molecule has 0 aromatic heterocycles. The van der Waals surface area contributed by atoms with Crippen LogP contribution in [0.1, 0.15) is 19.3 Å². The van der Waals surface area contributed by atoms with Crippen molar-refractivity contribution in [3.05, 3.63) is 24.3 Å². The Morgan fingerprint density at radius 1 is 1.21 bits per heavy atom. The second-order valence-electron chi connectivity index (χ2n) is 4.98. The van der Waals surface area contributed by atoms with Gasteiger partial charge in [-0.25, -0.2) is 8.42 Å². The van der Waals surface area contributed by atoms with Crippen LogP contribution in [-0.2, 0) is 10.0 Å². The lowest BCUT2D eigenvalue weighted by Crippen LogP contribution is -2.21. The highest BCUT2D eigenvalue weighted by molar-refractivity contribution is 7.92. The minimum Gasteiger partial charge on any atom is -0.382 e. The average molecular weight is 283 g/mol. The average Bonchev–Trinajstić information content (AvgIpc) is 2.56. The van der Waals surface area contributed by atoms with E-state index in [-0.39, 0.29) is 0 Å². The van der Waals surface area contributed by atoms with Crippen LogP contribution in [0.4, 0.5) is 11.4 Å². The largest absolute Gasteiger partial charge is 0.382 e. The van der Waals surface area contributed by atoms with Crippen LogP contribution in [0.5, 0.6) is 0 Å². The van der Waals surface area contributed by atoms with E-state index in [1.807, 2.05) is 18.2 Å². The lowest BCUT2D eigenvalue weighted by Gasteiger charge is -2.18. The Bertz CT molecular complexity index is 508. The van der Waals surface area contributed by atoms with Gasteiger partial charge >= 0.3 is 0 Å². The zero-order valence-electron chi connectivity index (χ0n) is 11.1. The van der Waals surface area contributed by atoms with Crippen LogP contribution >= 0.6 is 0 Å². The summed E-state index contributed by atoms with van der Waals surface area (Å²) in [7, 11) is -3.22. The number of hydrogen-bond acceptors (Lipinski definition) is 4. The highest BCUT2D eigenvalue weighted by atomic mass is 32.2. The van der Waals surface area contributed by atoms with E-state index in [0.717, 1.165) is 37.9 Å². The van der Waals surface area contributed by atoms with Crippen LogP contribution in [-0.4, -0.2) is 33.8 Å². The standard InChI is InChI=1S/C13H21N3O2S/c1-19(17,18)16-13-5-2-4-12(10-13)15-11-6-3-8-14-9-7-11/h2,4-5,10-11,14-16H,3,6-9H2,1H3. The van der Waals surface area contributed by atoms with Crippen molar-refractivity contribution in [2.45, 2.75) is 25.3 Å². The molecular formula is C13H21N3O2S. The Kier molecular flexibility index (Phi) is 4.66. The van der Waals surface area contributed by atoms with Crippen LogP contribution in [0.25, 0.3) is 0 Å². The topological polar surface area (TPSA) is 70.2 Å². The van der Waals surface area contributed by atoms with Crippen LogP contribution in [0.15, 0.2) is 24.3 Å². The van der Waals surface area contributed by atoms with Gasteiger partial charge in [-0.3, -0.25) is 4.72 Å². The van der Waals surface area contributed by atoms with E-state index in [2.05, 4.69) is 15.4 Å². The Morgan fingerprint density at radius 2 is 2.00 bits per heavy atom. The van der Waals surface area contributed by atoms with Gasteiger partial charge in [0.1, 0.15) is 0 Å². The van der Waals surface area contributed by atoms with Gasteiger partial charge < -0.3 is 10.6 Å². The first-order chi connectivity index (χ1) is 9.03. The van der Waals surface area contributed by atoms with Crippen molar-refractivity contribution in [1.82, 2.24) is 5.32 Å². The van der Waals surface area contributed by atoms with Crippen molar-refractivity contribution < 1.29 is 8.42 Å². The molecule has 1 saturated heterocycles. The number of nitrogens with one attached hydrogen (secondary N) is 3. The summed E-state index contributed by atoms with van der Waals surface area (Å²) in [5, 5.41) is 6.85. The second-order valence-corrected chi connectivity index (χ2v) is 6.73. The van der Waals surface area contributed by atoms with Gasteiger partial charge in [-0.1, -0.05) is 6.07 Å². The molecule has 1 aliphatic rings. The minimum absolute atomic E-state index is 0.448. The van der Waals surface area contributed by atoms with E-state index in [9.17, 15) is 8.42 Å². The molecule has 6 heteroatoms. The molecule has 0 spiro atoms. The molecule has 0 radical (unpaired) electrons. The molecule has 0 bridgehead atoms. The van der Waals surface area contributed by atoms with Crippen molar-refractivity contribution in [3.8, 4) is 0 Å². The molecule has 5 nitrogen and oxygen atoms in total. The van der Waals surface area contributed by atoms with Crippen LogP contribution in [0, 0.1) is 0 Å². The summed E-state index contributed by atoms with van der Waals surface area (Å²) in [5.41, 5.74) is 1.56. The molecule has 106 valence electrons. The van der Waals surface area contributed by atoms with Crippen molar-refractivity contribution in [3.63, 3.8) is 0 Å². The highest BCUT2D eigenvalue weighted by Gasteiger charge is 2.11. The smallest absolute Gasteiger partial charge is 0.229 e. The molecular weight excluding hydrogens is 262 g/mol. The minimum atomic E-state index is -3.22. The highest BCUT2D eigenvalue weighted by Crippen LogP contribution is 2.19. The van der Waals surface area contributed by atoms with Crippen LogP contribution in [0.2, 0.25) is 0 Å². The molecule has 1 aliphatic heterocycles. The van der Waals surface area contributed by atoms with E-state index in [1.54, 1.807) is 6.07 Å². The zero-order valence-corrected chi connectivity index (χ0v) is 12.0. The maximum atomic E-state index is 11.2. The third-order valence-electron chi connectivity index (χ3n) is 3.11. The van der Waals surface area contributed by atoms with E-state index in [0.29, 0.717) is 11.7 Å². The molecule has 1 aromatic carbocycles. The van der Waals surface area contributed by atoms with Gasteiger partial charge in [-0.2, -0.15) is 0 Å². The molecule has 1 fully saturated rings. The molecule has 2 rings (SSSR count). The lowest BCUT2D eigenvalue weighted by molar-refractivity contribution is 0.607. The first kappa shape index (κ1) is 14.1. The van der Waals surface area contributed by atoms with Crippen molar-refractivity contribution in [2.75, 3.05) is 29.4 Å². The van der Waals surface area contributed by atoms with Gasteiger partial charge in [0.05, 0.1) is 11.9 Å². The predicted octanol–water partition coefficient (Wildman–Crippen LogP) is 1.61. The fourth-order valence-electron chi connectivity index (χ4n) is 2.29. The Morgan fingerprint density at radius 3 is 2.79 bits per heavy atom. The molecule has 19 heavy (non-hydrogen) atoms. The molecule has 1 unspecified atom stereocenters. The molecule has 0 saturated carbocycles. The van der Waals surface area contributed by atoms with Crippen LogP contribution in [0.3, 0.4) is 0 Å². The fraction of sp³-hybridized carbons (Fsp3) is 0.538. The van der Waals surface area contributed by atoms with Gasteiger partial charge in [0, 0.05) is 11.7 Å². The molecule has 1 aromatic rings. The lowest BCUT2D eigenvalue weighted by atomic mass is 10.1. The van der Waals surface area contributed by atoms with E-state index < -0.39 is 10.0 Å². The third-order valence-corrected chi connectivity index (χ3v) is 3.72. The maximum absolute atomic E-state index is 11.2. The summed E-state index contributed by atoms with van der Waals surface area (Å²) in [6, 6.07) is 7.85. The van der Waals surface area contributed by atoms with Gasteiger partial charge in [0.15, 0.2) is 0 Å². The second kappa shape index (κ2) is 6.25. The SMILES string of the molecule is CS(=O)(=O)Nc1cccc(NC2CCCNCC2)c1. The summed E-state index contributed by atoms with van der Waals surface area (Å²) in [5.74, 6) is 0. The zero-order chi connectivity index (χ0) is 13.7. The summed E-state index contributed by atoms with van der Waals surface area (Å²) < 4.78 is 24.9. The van der Waals surface area contributed by atoms with E-state index in [4.69, 9.17) is 0 Å². The normalized spacial score (nSPS) is 20.6. The molecule has 1 heterocycles. The summed E-state index contributed by atoms with van der Waals surface area (Å²) >= 11 is 0. The molecule has 3 N–H and O–H groups in total. The van der Waals surface area contributed by atoms with Gasteiger partial charge in [0.2, 0.25) is 10.0 Å². The number of anilines is 2. The Labute approximate surface area is 114 Å². The number of sulfonamides is 1. The summed E-state index contributed by atoms with van der Waals surface area (Å²) in [6.45, 7) is 2.10. The first-order valence-corrected chi connectivity index (χ1v) is 8.47. The third kappa shape index (κ3) is 5.08. The quantitative estimate of drug-likeness (QED) is 0.785. The van der Waals surface area contributed by atoms with Gasteiger partial charge in [-0.15, -0.1) is 0 Å². The van der Waals surface area contributed by atoms with E-state index >= 15 is 0 Å². The fourth-order valence-corrected chi connectivity index (χ4v) is 2.84. The number of hydrogen-bond donors (Lipinski definition) is 3. The summed E-state index contributed by atoms with van der Waals surface area (Å²) in [6.07, 6.45) is 4.55. The number of rotatable bonds is 4. The number of benzene rings is 1.